The van der Waals surface area contributed by atoms with Crippen LogP contribution in [0.3, 0.4) is 0 Å². The number of sulfonamides is 1. The van der Waals surface area contributed by atoms with Gasteiger partial charge in [0, 0.05) is 32.1 Å². The predicted molar refractivity (Wildman–Crippen MR) is 84.8 cm³/mol. The van der Waals surface area contributed by atoms with Crippen molar-refractivity contribution in [1.29, 1.82) is 0 Å². The Hall–Kier alpha value is -1.58. The van der Waals surface area contributed by atoms with E-state index in [0.717, 1.165) is 25.0 Å². The van der Waals surface area contributed by atoms with E-state index >= 15 is 0 Å². The lowest BCUT2D eigenvalue weighted by molar-refractivity contribution is -0.132. The molecule has 0 bridgehead atoms. The number of carbonyl (C=O) groups is 1. The molecule has 0 aliphatic carbocycles. The van der Waals surface area contributed by atoms with Gasteiger partial charge >= 0.3 is 0 Å². The largest absolute Gasteiger partial charge is 0.341 e. The molecule has 2 rings (SSSR count). The Bertz CT molecular complexity index is 697. The van der Waals surface area contributed by atoms with Gasteiger partial charge in [0.05, 0.1) is 4.90 Å². The number of nitrogens with one attached hydrogen (secondary N) is 2. The maximum atomic E-state index is 13.1. The number of carbonyl (C=O) groups excluding carboxylic acids is 1. The maximum Gasteiger partial charge on any atom is 0.240 e. The Labute approximate surface area is 140 Å². The number of halogens is 2. The van der Waals surface area contributed by atoms with Crippen LogP contribution in [0.4, 0.5) is 8.78 Å². The Balaban J connectivity index is 1.88. The van der Waals surface area contributed by atoms with Crippen molar-refractivity contribution < 1.29 is 22.0 Å². The summed E-state index contributed by atoms with van der Waals surface area (Å²) in [7, 11) is -2.14. The number of nitrogens with zero attached hydrogens (tertiary/aromatic N) is 1. The average Bonchev–Trinajstić information content (AvgIpc) is 2.57. The van der Waals surface area contributed by atoms with Crippen molar-refractivity contribution in [1.82, 2.24) is 14.9 Å². The second kappa shape index (κ2) is 8.00. The smallest absolute Gasteiger partial charge is 0.240 e. The zero-order chi connectivity index (χ0) is 17.7. The predicted octanol–water partition coefficient (Wildman–Crippen LogP) is 0.844. The van der Waals surface area contributed by atoms with Gasteiger partial charge in [0.2, 0.25) is 15.9 Å². The molecule has 1 aliphatic heterocycles. The molecule has 9 heteroatoms. The van der Waals surface area contributed by atoms with E-state index in [-0.39, 0.29) is 29.8 Å². The molecular weight excluding hydrogens is 340 g/mol. The van der Waals surface area contributed by atoms with E-state index in [9.17, 15) is 22.0 Å². The molecule has 1 aliphatic rings. The van der Waals surface area contributed by atoms with Crippen LogP contribution in [-0.2, 0) is 14.8 Å². The summed E-state index contributed by atoms with van der Waals surface area (Å²) in [6.07, 6.45) is 1.92. The molecule has 1 heterocycles. The van der Waals surface area contributed by atoms with E-state index in [2.05, 4.69) is 10.0 Å². The van der Waals surface area contributed by atoms with Crippen molar-refractivity contribution in [2.24, 2.45) is 0 Å². The number of hydrogen-bond donors (Lipinski definition) is 2. The van der Waals surface area contributed by atoms with Gasteiger partial charge in [-0.15, -0.1) is 0 Å². The van der Waals surface area contributed by atoms with Gasteiger partial charge in [-0.3, -0.25) is 4.79 Å². The summed E-state index contributed by atoms with van der Waals surface area (Å²) in [6, 6.07) is 2.59. The maximum absolute atomic E-state index is 13.1. The zero-order valence-electron chi connectivity index (χ0n) is 13.4. The molecule has 0 aromatic heterocycles. The summed E-state index contributed by atoms with van der Waals surface area (Å²) in [5.74, 6) is -2.49. The van der Waals surface area contributed by atoms with Crippen LogP contribution in [0, 0.1) is 11.6 Å². The molecule has 0 radical (unpaired) electrons. The van der Waals surface area contributed by atoms with Gasteiger partial charge in [0.1, 0.15) is 0 Å². The minimum absolute atomic E-state index is 0.0132. The highest BCUT2D eigenvalue weighted by atomic mass is 32.2. The average molecular weight is 361 g/mol. The SMILES string of the molecule is CNC1CCCN(C(=O)CCNS(=O)(=O)c2ccc(F)c(F)c2)C1. The number of amides is 1. The molecule has 0 spiro atoms. The normalized spacial score (nSPS) is 18.6. The summed E-state index contributed by atoms with van der Waals surface area (Å²) >= 11 is 0. The fourth-order valence-corrected chi connectivity index (χ4v) is 3.66. The molecule has 1 aromatic carbocycles. The second-order valence-electron chi connectivity index (χ2n) is 5.69. The lowest BCUT2D eigenvalue weighted by atomic mass is 10.1. The molecule has 1 fully saturated rings. The number of hydrogen-bond acceptors (Lipinski definition) is 4. The summed E-state index contributed by atoms with van der Waals surface area (Å²) in [6.45, 7) is 1.17. The fourth-order valence-electron chi connectivity index (χ4n) is 2.62. The minimum Gasteiger partial charge on any atom is -0.341 e. The van der Waals surface area contributed by atoms with E-state index in [1.165, 1.54) is 0 Å². The van der Waals surface area contributed by atoms with Crippen LogP contribution >= 0.6 is 0 Å². The lowest BCUT2D eigenvalue weighted by Crippen LogP contribution is -2.47. The first-order chi connectivity index (χ1) is 11.3. The molecule has 1 saturated heterocycles. The molecule has 0 saturated carbocycles. The Morgan fingerprint density at radius 3 is 2.75 bits per heavy atom. The first kappa shape index (κ1) is 18.8. The number of rotatable bonds is 6. The fraction of sp³-hybridized carbons (Fsp3) is 0.533. The van der Waals surface area contributed by atoms with Crippen LogP contribution < -0.4 is 10.0 Å². The van der Waals surface area contributed by atoms with E-state index < -0.39 is 21.7 Å². The van der Waals surface area contributed by atoms with Crippen LogP contribution in [0.5, 0.6) is 0 Å². The first-order valence-corrected chi connectivity index (χ1v) is 9.21. The molecule has 1 atom stereocenters. The van der Waals surface area contributed by atoms with Gasteiger partial charge in [-0.05, 0) is 38.1 Å². The zero-order valence-corrected chi connectivity index (χ0v) is 14.2. The molecule has 24 heavy (non-hydrogen) atoms. The van der Waals surface area contributed by atoms with Crippen molar-refractivity contribution in [2.45, 2.75) is 30.2 Å². The lowest BCUT2D eigenvalue weighted by Gasteiger charge is -2.32. The van der Waals surface area contributed by atoms with Gasteiger partial charge < -0.3 is 10.2 Å². The third kappa shape index (κ3) is 4.71. The molecule has 1 aromatic rings. The van der Waals surface area contributed by atoms with Crippen molar-refractivity contribution in [3.05, 3.63) is 29.8 Å². The van der Waals surface area contributed by atoms with Gasteiger partial charge in [-0.1, -0.05) is 0 Å². The molecular formula is C15H21F2N3O3S. The third-order valence-electron chi connectivity index (χ3n) is 4.01. The van der Waals surface area contributed by atoms with Gasteiger partial charge in [-0.25, -0.2) is 21.9 Å². The van der Waals surface area contributed by atoms with E-state index in [4.69, 9.17) is 0 Å². The van der Waals surface area contributed by atoms with Crippen LogP contribution in [0.15, 0.2) is 23.1 Å². The summed E-state index contributed by atoms with van der Waals surface area (Å²) in [5.41, 5.74) is 0. The summed E-state index contributed by atoms with van der Waals surface area (Å²) in [5, 5.41) is 3.13. The van der Waals surface area contributed by atoms with E-state index in [1.54, 1.807) is 4.90 Å². The first-order valence-electron chi connectivity index (χ1n) is 7.73. The highest BCUT2D eigenvalue weighted by molar-refractivity contribution is 7.89. The van der Waals surface area contributed by atoms with Crippen molar-refractivity contribution >= 4 is 15.9 Å². The topological polar surface area (TPSA) is 78.5 Å². The Morgan fingerprint density at radius 2 is 2.08 bits per heavy atom. The standard InChI is InChI=1S/C15H21F2N3O3S/c1-18-11-3-2-8-20(10-11)15(21)6-7-19-24(22,23)12-4-5-13(16)14(17)9-12/h4-5,9,11,18-19H,2-3,6-8,10H2,1H3. The summed E-state index contributed by atoms with van der Waals surface area (Å²) in [4.78, 5) is 13.5. The molecule has 1 amide bonds. The van der Waals surface area contributed by atoms with Crippen LogP contribution in [0.2, 0.25) is 0 Å². The van der Waals surface area contributed by atoms with Crippen LogP contribution in [0.25, 0.3) is 0 Å². The molecule has 6 nitrogen and oxygen atoms in total. The van der Waals surface area contributed by atoms with Crippen molar-refractivity contribution in [2.75, 3.05) is 26.7 Å². The van der Waals surface area contributed by atoms with E-state index in [0.29, 0.717) is 19.2 Å². The highest BCUT2D eigenvalue weighted by Crippen LogP contribution is 2.14. The van der Waals surface area contributed by atoms with E-state index in [1.807, 2.05) is 7.05 Å². The molecule has 1 unspecified atom stereocenters. The third-order valence-corrected chi connectivity index (χ3v) is 5.47. The summed E-state index contributed by atoms with van der Waals surface area (Å²) < 4.78 is 52.3. The van der Waals surface area contributed by atoms with Crippen LogP contribution in [0.1, 0.15) is 19.3 Å². The minimum atomic E-state index is -3.98. The van der Waals surface area contributed by atoms with Crippen LogP contribution in [-0.4, -0.2) is 51.9 Å². The highest BCUT2D eigenvalue weighted by Gasteiger charge is 2.23. The number of likely N-dealkylation sites (N-methyl/N-ethyl adjacent to an activating group) is 1. The van der Waals surface area contributed by atoms with Gasteiger partial charge in [0.25, 0.3) is 0 Å². The monoisotopic (exact) mass is 361 g/mol. The molecule has 2 N–H and O–H groups in total. The van der Waals surface area contributed by atoms with Crippen molar-refractivity contribution in [3.63, 3.8) is 0 Å². The van der Waals surface area contributed by atoms with Gasteiger partial charge in [-0.2, -0.15) is 0 Å². The van der Waals surface area contributed by atoms with Gasteiger partial charge in [0.15, 0.2) is 11.6 Å². The number of piperidine rings is 1. The quantitative estimate of drug-likeness (QED) is 0.787. The second-order valence-corrected chi connectivity index (χ2v) is 7.46. The molecule has 134 valence electrons. The number of benzene rings is 1. The Kier molecular flexibility index (Phi) is 6.25. The van der Waals surface area contributed by atoms with Crippen molar-refractivity contribution in [3.8, 4) is 0 Å². The Morgan fingerprint density at radius 1 is 1.33 bits per heavy atom. The number of likely N-dealkylation sites (tertiary alicyclic amines) is 1.